The predicted octanol–water partition coefficient (Wildman–Crippen LogP) is 3.24. The van der Waals surface area contributed by atoms with Crippen LogP contribution in [-0.2, 0) is 16.6 Å². The van der Waals surface area contributed by atoms with Gasteiger partial charge in [-0.15, -0.1) is 0 Å². The van der Waals surface area contributed by atoms with E-state index < -0.39 is 18.8 Å². The quantitative estimate of drug-likeness (QED) is 0.842. The third-order valence-corrected chi connectivity index (χ3v) is 3.76. The first-order chi connectivity index (χ1) is 7.20. The van der Waals surface area contributed by atoms with Crippen molar-refractivity contribution in [2.75, 3.05) is 0 Å². The summed E-state index contributed by atoms with van der Waals surface area (Å²) in [4.78, 5) is 17.2. The average Bonchev–Trinajstić information content (AvgIpc) is 2.15. The van der Waals surface area contributed by atoms with Crippen LogP contribution in [0.5, 0.6) is 0 Å². The van der Waals surface area contributed by atoms with E-state index in [-0.39, 0.29) is 4.47 Å². The molecule has 0 unspecified atom stereocenters. The molecule has 7 heteroatoms. The summed E-state index contributed by atoms with van der Waals surface area (Å²) in [5, 5.41) is 0. The van der Waals surface area contributed by atoms with Gasteiger partial charge < -0.3 is 9.79 Å². The molecule has 0 heterocycles. The molecule has 0 fully saturated rings. The number of benzene rings is 1. The first kappa shape index (κ1) is 13.8. The number of aryl methyl sites for hydroxylation is 1. The van der Waals surface area contributed by atoms with Crippen LogP contribution in [0.3, 0.4) is 0 Å². The van der Waals surface area contributed by atoms with Gasteiger partial charge in [0.25, 0.3) is 0 Å². The number of alkyl halides is 2. The van der Waals surface area contributed by atoms with E-state index in [0.29, 0.717) is 6.42 Å². The highest BCUT2D eigenvalue weighted by Crippen LogP contribution is 2.60. The Kier molecular flexibility index (Phi) is 3.90. The van der Waals surface area contributed by atoms with Gasteiger partial charge in [0.2, 0.25) is 0 Å². The van der Waals surface area contributed by atoms with E-state index in [2.05, 4.69) is 15.9 Å². The van der Waals surface area contributed by atoms with Crippen molar-refractivity contribution in [2.24, 2.45) is 0 Å². The van der Waals surface area contributed by atoms with Gasteiger partial charge in [0.15, 0.2) is 0 Å². The monoisotopic (exact) mass is 314 g/mol. The molecule has 0 saturated heterocycles. The smallest absolute Gasteiger partial charge is 0.320 e. The van der Waals surface area contributed by atoms with Gasteiger partial charge in [-0.3, -0.25) is 4.57 Å². The number of hydrogen-bond acceptors (Lipinski definition) is 1. The van der Waals surface area contributed by atoms with E-state index in [4.69, 9.17) is 9.79 Å². The van der Waals surface area contributed by atoms with Gasteiger partial charge in [-0.2, -0.15) is 8.78 Å². The molecule has 1 rings (SSSR count). The van der Waals surface area contributed by atoms with Crippen LogP contribution in [0.15, 0.2) is 22.7 Å². The van der Waals surface area contributed by atoms with Crippen molar-refractivity contribution in [3.63, 3.8) is 0 Å². The number of hydrogen-bond donors (Lipinski definition) is 2. The van der Waals surface area contributed by atoms with Crippen molar-refractivity contribution in [1.29, 1.82) is 0 Å². The first-order valence-electron chi connectivity index (χ1n) is 4.42. The van der Waals surface area contributed by atoms with Gasteiger partial charge in [0, 0.05) is 10.0 Å². The summed E-state index contributed by atoms with van der Waals surface area (Å²) in [5.74, 6) is 0. The Morgan fingerprint density at radius 3 is 2.38 bits per heavy atom. The molecule has 0 radical (unpaired) electrons. The van der Waals surface area contributed by atoms with Gasteiger partial charge in [-0.1, -0.05) is 35.0 Å². The summed E-state index contributed by atoms with van der Waals surface area (Å²) in [6, 6.07) is 3.88. The highest BCUT2D eigenvalue weighted by atomic mass is 79.9. The lowest BCUT2D eigenvalue weighted by Crippen LogP contribution is -2.14. The van der Waals surface area contributed by atoms with Gasteiger partial charge in [-0.25, -0.2) is 0 Å². The fourth-order valence-corrected chi connectivity index (χ4v) is 2.52. The zero-order valence-corrected chi connectivity index (χ0v) is 10.8. The maximum Gasteiger partial charge on any atom is 0.399 e. The van der Waals surface area contributed by atoms with E-state index in [1.54, 1.807) is 0 Å². The van der Waals surface area contributed by atoms with Crippen LogP contribution in [0.2, 0.25) is 0 Å². The summed E-state index contributed by atoms with van der Waals surface area (Å²) in [7, 11) is -5.50. The van der Waals surface area contributed by atoms with E-state index in [1.807, 2.05) is 6.92 Å². The summed E-state index contributed by atoms with van der Waals surface area (Å²) >= 11 is 2.89. The molecule has 16 heavy (non-hydrogen) atoms. The van der Waals surface area contributed by atoms with Crippen LogP contribution in [0.4, 0.5) is 8.78 Å². The largest absolute Gasteiger partial charge is 0.399 e. The summed E-state index contributed by atoms with van der Waals surface area (Å²) in [5.41, 5.74) is -4.06. The SMILES string of the molecule is CCc1ccc(C(F)(F)P(=O)(O)O)c(Br)c1. The topological polar surface area (TPSA) is 57.5 Å². The predicted molar refractivity (Wildman–Crippen MR) is 59.5 cm³/mol. The van der Waals surface area contributed by atoms with E-state index in [9.17, 15) is 13.3 Å². The molecule has 0 aliphatic heterocycles. The Morgan fingerprint density at radius 2 is 2.00 bits per heavy atom. The third kappa shape index (κ3) is 2.51. The van der Waals surface area contributed by atoms with Gasteiger partial charge >= 0.3 is 13.3 Å². The molecule has 1 aromatic carbocycles. The van der Waals surface area contributed by atoms with Crippen LogP contribution in [0.25, 0.3) is 0 Å². The Bertz CT molecular complexity index is 444. The van der Waals surface area contributed by atoms with E-state index >= 15 is 0 Å². The minimum atomic E-state index is -5.50. The van der Waals surface area contributed by atoms with Crippen LogP contribution < -0.4 is 0 Å². The lowest BCUT2D eigenvalue weighted by molar-refractivity contribution is 0.0557. The van der Waals surface area contributed by atoms with Crippen molar-refractivity contribution in [3.8, 4) is 0 Å². The van der Waals surface area contributed by atoms with Crippen molar-refractivity contribution in [3.05, 3.63) is 33.8 Å². The molecule has 0 aromatic heterocycles. The van der Waals surface area contributed by atoms with Crippen LogP contribution in [-0.4, -0.2) is 9.79 Å². The Balaban J connectivity index is 3.30. The molecule has 2 N–H and O–H groups in total. The second-order valence-corrected chi connectivity index (χ2v) is 5.76. The van der Waals surface area contributed by atoms with Crippen LogP contribution in [0, 0.1) is 0 Å². The molecule has 0 saturated carbocycles. The maximum atomic E-state index is 13.4. The lowest BCUT2D eigenvalue weighted by Gasteiger charge is -2.19. The zero-order valence-electron chi connectivity index (χ0n) is 8.32. The van der Waals surface area contributed by atoms with Crippen molar-refractivity contribution in [2.45, 2.75) is 19.0 Å². The Hall–Kier alpha value is -0.290. The van der Waals surface area contributed by atoms with Crippen molar-refractivity contribution < 1.29 is 23.1 Å². The standard InChI is InChI=1S/C9H10BrF2O3P/c1-2-6-3-4-7(8(10)5-6)9(11,12)16(13,14)15/h3-5H,2H2,1H3,(H2,13,14,15). The van der Waals surface area contributed by atoms with Gasteiger partial charge in [0.05, 0.1) is 0 Å². The highest BCUT2D eigenvalue weighted by molar-refractivity contribution is 9.10. The fraction of sp³-hybridized carbons (Fsp3) is 0.333. The second-order valence-electron chi connectivity index (χ2n) is 3.25. The molecule has 0 aliphatic rings. The van der Waals surface area contributed by atoms with Crippen molar-refractivity contribution >= 4 is 23.5 Å². The van der Waals surface area contributed by atoms with Crippen LogP contribution in [0.1, 0.15) is 18.1 Å². The summed E-state index contributed by atoms with van der Waals surface area (Å²) in [6.07, 6.45) is 0.653. The maximum absolute atomic E-state index is 13.4. The molecular formula is C9H10BrF2O3P. The zero-order chi connectivity index (χ0) is 12.6. The summed E-state index contributed by atoms with van der Waals surface area (Å²) < 4.78 is 37.4. The van der Waals surface area contributed by atoms with E-state index in [1.165, 1.54) is 12.1 Å². The lowest BCUT2D eigenvalue weighted by atomic mass is 10.1. The first-order valence-corrected chi connectivity index (χ1v) is 6.83. The molecular weight excluding hydrogens is 305 g/mol. The normalized spacial score (nSPS) is 12.9. The average molecular weight is 315 g/mol. The van der Waals surface area contributed by atoms with Gasteiger partial charge in [0.1, 0.15) is 0 Å². The molecule has 0 atom stereocenters. The summed E-state index contributed by atoms with van der Waals surface area (Å²) in [6.45, 7) is 1.85. The fourth-order valence-electron chi connectivity index (χ4n) is 1.18. The molecule has 90 valence electrons. The number of rotatable bonds is 3. The van der Waals surface area contributed by atoms with Crippen molar-refractivity contribution in [1.82, 2.24) is 0 Å². The molecule has 1 aromatic rings. The van der Waals surface area contributed by atoms with E-state index in [0.717, 1.165) is 11.6 Å². The minimum absolute atomic E-state index is 0.000162. The third-order valence-electron chi connectivity index (χ3n) is 2.13. The van der Waals surface area contributed by atoms with Gasteiger partial charge in [-0.05, 0) is 18.1 Å². The molecule has 3 nitrogen and oxygen atoms in total. The molecule has 0 bridgehead atoms. The Labute approximate surface area is 99.8 Å². The molecule has 0 spiro atoms. The Morgan fingerprint density at radius 1 is 1.44 bits per heavy atom. The van der Waals surface area contributed by atoms with Crippen LogP contribution >= 0.6 is 23.5 Å². The molecule has 0 aliphatic carbocycles. The highest BCUT2D eigenvalue weighted by Gasteiger charge is 2.51. The second kappa shape index (κ2) is 4.53. The molecule has 0 amide bonds. The minimum Gasteiger partial charge on any atom is -0.320 e. The number of halogens is 3.